The van der Waals surface area contributed by atoms with Gasteiger partial charge < -0.3 is 14.6 Å². The predicted octanol–water partition coefficient (Wildman–Crippen LogP) is 3.26. The number of ether oxygens (including phenoxy) is 2. The molecule has 1 heterocycles. The summed E-state index contributed by atoms with van der Waals surface area (Å²) in [7, 11) is -0.782. The van der Waals surface area contributed by atoms with Gasteiger partial charge in [0.1, 0.15) is 22.9 Å². The first-order chi connectivity index (χ1) is 15.7. The molecule has 3 rings (SSSR count). The summed E-state index contributed by atoms with van der Waals surface area (Å²) in [4.78, 5) is 8.28. The van der Waals surface area contributed by atoms with E-state index < -0.39 is 21.4 Å². The minimum absolute atomic E-state index is 0.134. The van der Waals surface area contributed by atoms with Crippen molar-refractivity contribution >= 4 is 10.0 Å². The lowest BCUT2D eigenvalue weighted by molar-refractivity contribution is 0.167. The van der Waals surface area contributed by atoms with E-state index in [1.165, 1.54) is 23.6 Å². The van der Waals surface area contributed by atoms with Gasteiger partial charge in [-0.05, 0) is 49.2 Å². The van der Waals surface area contributed by atoms with Gasteiger partial charge in [0.25, 0.3) is 0 Å². The van der Waals surface area contributed by atoms with Crippen LogP contribution in [-0.4, -0.2) is 47.3 Å². The minimum atomic E-state index is -3.93. The molecule has 0 amide bonds. The Balaban J connectivity index is 1.91. The van der Waals surface area contributed by atoms with Crippen molar-refractivity contribution in [1.29, 1.82) is 0 Å². The molecule has 0 spiro atoms. The second kappa shape index (κ2) is 10.7. The quantitative estimate of drug-likeness (QED) is 0.484. The zero-order valence-corrected chi connectivity index (χ0v) is 20.0. The number of hydrogen-bond acceptors (Lipinski definition) is 7. The second-order valence-corrected chi connectivity index (χ2v) is 10.0. The molecule has 0 fully saturated rings. The van der Waals surface area contributed by atoms with Crippen molar-refractivity contribution in [3.63, 3.8) is 0 Å². The Labute approximate surface area is 194 Å². The fourth-order valence-corrected chi connectivity index (χ4v) is 4.89. The van der Waals surface area contributed by atoms with Crippen LogP contribution in [0.4, 0.5) is 0 Å². The van der Waals surface area contributed by atoms with Gasteiger partial charge in [0.2, 0.25) is 10.0 Å². The van der Waals surface area contributed by atoms with Crippen LogP contribution in [0.5, 0.6) is 11.5 Å². The number of aryl methyl sites for hydroxylation is 1. The molecule has 2 aromatic carbocycles. The molecule has 3 aromatic rings. The van der Waals surface area contributed by atoms with E-state index >= 15 is 0 Å². The highest BCUT2D eigenvalue weighted by atomic mass is 32.2. The van der Waals surface area contributed by atoms with E-state index in [9.17, 15) is 13.5 Å². The van der Waals surface area contributed by atoms with Gasteiger partial charge in [-0.1, -0.05) is 24.3 Å². The van der Waals surface area contributed by atoms with Gasteiger partial charge in [0, 0.05) is 19.3 Å². The SMILES string of the molecule is COc1ccc(CN(Cc2ccc(OC)cc2)S(=O)(=O)[C@@H](C)[C@@H](O)c2cnc(C)cn2)cc1. The van der Waals surface area contributed by atoms with Crippen LogP contribution in [0.3, 0.4) is 0 Å². The number of aliphatic hydroxyl groups is 1. The third-order valence-electron chi connectivity index (χ3n) is 5.41. The highest BCUT2D eigenvalue weighted by molar-refractivity contribution is 7.89. The molecule has 0 saturated carbocycles. The highest BCUT2D eigenvalue weighted by Gasteiger charge is 2.35. The Bertz CT molecular complexity index is 1080. The molecular weight excluding hydrogens is 442 g/mol. The summed E-state index contributed by atoms with van der Waals surface area (Å²) in [5, 5.41) is 9.66. The molecule has 0 radical (unpaired) electrons. The molecule has 0 bridgehead atoms. The average molecular weight is 472 g/mol. The Morgan fingerprint density at radius 1 is 0.879 bits per heavy atom. The van der Waals surface area contributed by atoms with Crippen molar-refractivity contribution in [2.75, 3.05) is 14.2 Å². The molecular formula is C24H29N3O5S. The molecule has 0 aliphatic heterocycles. The number of rotatable bonds is 10. The second-order valence-electron chi connectivity index (χ2n) is 7.74. The molecule has 8 nitrogen and oxygen atoms in total. The van der Waals surface area contributed by atoms with E-state index in [4.69, 9.17) is 9.47 Å². The van der Waals surface area contributed by atoms with Crippen LogP contribution in [0.2, 0.25) is 0 Å². The van der Waals surface area contributed by atoms with Gasteiger partial charge in [0.05, 0.1) is 31.8 Å². The first kappa shape index (κ1) is 24.6. The fraction of sp³-hybridized carbons (Fsp3) is 0.333. The van der Waals surface area contributed by atoms with E-state index in [-0.39, 0.29) is 18.8 Å². The lowest BCUT2D eigenvalue weighted by Gasteiger charge is -2.28. The highest BCUT2D eigenvalue weighted by Crippen LogP contribution is 2.26. The molecule has 0 aliphatic rings. The van der Waals surface area contributed by atoms with Gasteiger partial charge >= 0.3 is 0 Å². The minimum Gasteiger partial charge on any atom is -0.497 e. The Hall–Kier alpha value is -3.01. The van der Waals surface area contributed by atoms with E-state index in [0.717, 1.165) is 11.1 Å². The van der Waals surface area contributed by atoms with Gasteiger partial charge in [0.15, 0.2) is 0 Å². The number of nitrogens with zero attached hydrogens (tertiary/aromatic N) is 3. The van der Waals surface area contributed by atoms with Crippen LogP contribution in [0.25, 0.3) is 0 Å². The number of hydrogen-bond donors (Lipinski definition) is 1. The monoisotopic (exact) mass is 471 g/mol. The number of benzene rings is 2. The van der Waals surface area contributed by atoms with Crippen molar-refractivity contribution in [2.24, 2.45) is 0 Å². The predicted molar refractivity (Wildman–Crippen MR) is 125 cm³/mol. The molecule has 1 aromatic heterocycles. The summed E-state index contributed by atoms with van der Waals surface area (Å²) in [5.41, 5.74) is 2.49. The Morgan fingerprint density at radius 2 is 1.36 bits per heavy atom. The molecule has 0 aliphatic carbocycles. The summed E-state index contributed by atoms with van der Waals surface area (Å²) >= 11 is 0. The third kappa shape index (κ3) is 6.07. The molecule has 176 valence electrons. The van der Waals surface area contributed by atoms with Crippen LogP contribution in [-0.2, 0) is 23.1 Å². The summed E-state index contributed by atoms with van der Waals surface area (Å²) in [6, 6.07) is 14.4. The van der Waals surface area contributed by atoms with Crippen molar-refractivity contribution in [3.05, 3.63) is 83.4 Å². The number of methoxy groups -OCH3 is 2. The van der Waals surface area contributed by atoms with Crippen molar-refractivity contribution in [1.82, 2.24) is 14.3 Å². The topological polar surface area (TPSA) is 102 Å². The van der Waals surface area contributed by atoms with Crippen LogP contribution in [0.1, 0.15) is 35.5 Å². The molecule has 1 N–H and O–H groups in total. The van der Waals surface area contributed by atoms with E-state index in [1.54, 1.807) is 45.4 Å². The Morgan fingerprint density at radius 3 is 1.76 bits per heavy atom. The van der Waals surface area contributed by atoms with Gasteiger partial charge in [-0.2, -0.15) is 4.31 Å². The smallest absolute Gasteiger partial charge is 0.220 e. The zero-order chi connectivity index (χ0) is 24.0. The summed E-state index contributed by atoms with van der Waals surface area (Å²) in [5.74, 6) is 1.37. The third-order valence-corrected chi connectivity index (χ3v) is 7.59. The van der Waals surface area contributed by atoms with E-state index in [1.807, 2.05) is 24.3 Å². The summed E-state index contributed by atoms with van der Waals surface area (Å²) in [6.45, 7) is 3.52. The maximum absolute atomic E-state index is 13.6. The maximum Gasteiger partial charge on any atom is 0.220 e. The van der Waals surface area contributed by atoms with Crippen LogP contribution >= 0.6 is 0 Å². The summed E-state index contributed by atoms with van der Waals surface area (Å²) < 4.78 is 39.0. The lowest BCUT2D eigenvalue weighted by atomic mass is 10.2. The van der Waals surface area contributed by atoms with Crippen LogP contribution < -0.4 is 9.47 Å². The Kier molecular flexibility index (Phi) is 8.01. The van der Waals surface area contributed by atoms with Gasteiger partial charge in [-0.3, -0.25) is 9.97 Å². The molecule has 2 atom stereocenters. The van der Waals surface area contributed by atoms with E-state index in [0.29, 0.717) is 17.2 Å². The summed E-state index contributed by atoms with van der Waals surface area (Å²) in [6.07, 6.45) is 1.59. The molecule has 9 heteroatoms. The first-order valence-electron chi connectivity index (χ1n) is 10.5. The average Bonchev–Trinajstić information content (AvgIpc) is 2.84. The van der Waals surface area contributed by atoms with Crippen LogP contribution in [0, 0.1) is 6.92 Å². The number of aromatic nitrogens is 2. The molecule has 0 saturated heterocycles. The number of aliphatic hydroxyl groups excluding tert-OH is 1. The maximum atomic E-state index is 13.6. The van der Waals surface area contributed by atoms with Crippen LogP contribution in [0.15, 0.2) is 60.9 Å². The molecule has 0 unspecified atom stereocenters. The number of sulfonamides is 1. The van der Waals surface area contributed by atoms with Gasteiger partial charge in [-0.25, -0.2) is 8.42 Å². The first-order valence-corrected chi connectivity index (χ1v) is 12.0. The van der Waals surface area contributed by atoms with Crippen molar-refractivity contribution in [2.45, 2.75) is 38.3 Å². The zero-order valence-electron chi connectivity index (χ0n) is 19.2. The molecule has 33 heavy (non-hydrogen) atoms. The van der Waals surface area contributed by atoms with Crippen molar-refractivity contribution in [3.8, 4) is 11.5 Å². The van der Waals surface area contributed by atoms with E-state index in [2.05, 4.69) is 9.97 Å². The van der Waals surface area contributed by atoms with Gasteiger partial charge in [-0.15, -0.1) is 0 Å². The standard InChI is InChI=1S/C24H29N3O5S/c1-17-13-26-23(14-25-17)24(28)18(2)33(29,30)27(15-19-5-9-21(31-3)10-6-19)16-20-7-11-22(32-4)12-8-20/h5-14,18,24,28H,15-16H2,1-4H3/t18-,24+/m0/s1. The lowest BCUT2D eigenvalue weighted by Crippen LogP contribution is -2.39. The van der Waals surface area contributed by atoms with Crippen molar-refractivity contribution < 1.29 is 23.0 Å². The normalized spacial score (nSPS) is 13.5. The fourth-order valence-electron chi connectivity index (χ4n) is 3.30. The largest absolute Gasteiger partial charge is 0.497 e.